The van der Waals surface area contributed by atoms with E-state index in [0.717, 1.165) is 12.1 Å². The van der Waals surface area contributed by atoms with E-state index in [1.807, 2.05) is 0 Å². The van der Waals surface area contributed by atoms with Crippen molar-refractivity contribution < 1.29 is 30.0 Å². The van der Waals surface area contributed by atoms with Crippen molar-refractivity contribution in [2.75, 3.05) is 0 Å². The third-order valence-electron chi connectivity index (χ3n) is 3.95. The minimum atomic E-state index is -1.54. The Balaban J connectivity index is 1.97. The van der Waals surface area contributed by atoms with Crippen LogP contribution in [0.15, 0.2) is 60.7 Å². The molecule has 3 rings (SSSR count). The first-order valence-electron chi connectivity index (χ1n) is 7.52. The number of rotatable bonds is 4. The normalized spacial score (nSPS) is 10.5. The summed E-state index contributed by atoms with van der Waals surface area (Å²) in [6, 6.07) is 14.6. The van der Waals surface area contributed by atoms with Gasteiger partial charge in [-0.25, -0.2) is 0 Å². The average molecular weight is 346 g/mol. The number of aromatic carboxylic acids is 2. The Morgan fingerprint density at radius 2 is 0.846 bits per heavy atom. The summed E-state index contributed by atoms with van der Waals surface area (Å²) in [5, 5.41) is 44.9. The number of hydrogen-bond donors (Lipinski definition) is 0. The molecule has 0 aliphatic heterocycles. The molecule has 0 radical (unpaired) electrons. The monoisotopic (exact) mass is 346 g/mol. The van der Waals surface area contributed by atoms with Gasteiger partial charge in [-0.15, -0.1) is 0 Å². The number of carboxylic acids is 2. The van der Waals surface area contributed by atoms with E-state index in [1.165, 1.54) is 24.3 Å². The van der Waals surface area contributed by atoms with Crippen molar-refractivity contribution in [2.45, 2.75) is 0 Å². The summed E-state index contributed by atoms with van der Waals surface area (Å²) in [6.07, 6.45) is 0. The van der Waals surface area contributed by atoms with Gasteiger partial charge >= 0.3 is 0 Å². The van der Waals surface area contributed by atoms with Gasteiger partial charge in [-0.3, -0.25) is 0 Å². The van der Waals surface area contributed by atoms with Crippen molar-refractivity contribution in [3.05, 3.63) is 71.8 Å². The molecule has 6 nitrogen and oxygen atoms in total. The number of carboxylic acid groups (broad SMARTS) is 2. The smallest absolute Gasteiger partial charge is 0.0709 e. The molecule has 0 spiro atoms. The zero-order valence-electron chi connectivity index (χ0n) is 13.2. The van der Waals surface area contributed by atoms with E-state index in [2.05, 4.69) is 0 Å². The van der Waals surface area contributed by atoms with Crippen LogP contribution in [0, 0.1) is 0 Å². The fourth-order valence-corrected chi connectivity index (χ4v) is 2.59. The van der Waals surface area contributed by atoms with Crippen LogP contribution >= 0.6 is 0 Å². The Morgan fingerprint density at radius 1 is 0.538 bits per heavy atom. The van der Waals surface area contributed by atoms with Crippen LogP contribution in [0.1, 0.15) is 20.7 Å². The van der Waals surface area contributed by atoms with E-state index in [1.54, 1.807) is 24.3 Å². The van der Waals surface area contributed by atoms with Gasteiger partial charge in [-0.2, -0.15) is 0 Å². The molecular weight excluding hydrogens is 336 g/mol. The minimum absolute atomic E-state index is 0.420. The van der Waals surface area contributed by atoms with Crippen molar-refractivity contribution in [2.24, 2.45) is 0 Å². The molecule has 130 valence electrons. The Hall–Kier alpha value is -3.80. The first-order valence-corrected chi connectivity index (χ1v) is 7.52. The maximum absolute atomic E-state index is 11.5. The Kier molecular flexibility index (Phi) is 4.33. The highest BCUT2D eigenvalue weighted by Gasteiger charge is 2.05. The first-order chi connectivity index (χ1) is 12.4. The molecule has 0 heterocycles. The van der Waals surface area contributed by atoms with Gasteiger partial charge in [-0.05, 0) is 45.5 Å². The highest BCUT2D eigenvalue weighted by Crippen LogP contribution is 2.29. The largest absolute Gasteiger partial charge is 0.872 e. The van der Waals surface area contributed by atoms with Crippen LogP contribution in [0.5, 0.6) is 11.5 Å². The molecule has 0 N–H and O–H groups in total. The van der Waals surface area contributed by atoms with Crippen LogP contribution in [0.4, 0.5) is 0 Å². The average Bonchev–Trinajstić information content (AvgIpc) is 2.62. The van der Waals surface area contributed by atoms with Crippen molar-refractivity contribution >= 4 is 11.9 Å². The molecule has 3 aromatic carbocycles. The fraction of sp³-hybridized carbons (Fsp3) is 0. The van der Waals surface area contributed by atoms with Crippen LogP contribution in [0.2, 0.25) is 0 Å². The number of hydrogen-bond acceptors (Lipinski definition) is 6. The maximum atomic E-state index is 11.5. The molecule has 0 amide bonds. The number of carbonyl (C=O) groups excluding carboxylic acids is 2. The van der Waals surface area contributed by atoms with Crippen LogP contribution in [0.3, 0.4) is 0 Å². The third-order valence-corrected chi connectivity index (χ3v) is 3.95. The van der Waals surface area contributed by atoms with Crippen molar-refractivity contribution in [1.29, 1.82) is 0 Å². The second kappa shape index (κ2) is 6.60. The number of carbonyl (C=O) groups is 2. The van der Waals surface area contributed by atoms with Crippen LogP contribution < -0.4 is 20.4 Å². The predicted octanol–water partition coefficient (Wildman–Crippen LogP) is -0.105. The van der Waals surface area contributed by atoms with Gasteiger partial charge in [0.15, 0.2) is 0 Å². The van der Waals surface area contributed by atoms with E-state index in [0.29, 0.717) is 22.3 Å². The van der Waals surface area contributed by atoms with Gasteiger partial charge in [-0.1, -0.05) is 60.0 Å². The van der Waals surface area contributed by atoms with Crippen molar-refractivity contribution in [3.63, 3.8) is 0 Å². The topological polar surface area (TPSA) is 126 Å². The first kappa shape index (κ1) is 17.0. The molecular formula is C20H10O6-4. The Labute approximate surface area is 148 Å². The molecule has 0 saturated carbocycles. The van der Waals surface area contributed by atoms with Crippen LogP contribution in [-0.2, 0) is 0 Å². The maximum Gasteiger partial charge on any atom is 0.0709 e. The van der Waals surface area contributed by atoms with Gasteiger partial charge < -0.3 is 30.0 Å². The summed E-state index contributed by atoms with van der Waals surface area (Å²) in [4.78, 5) is 21.9. The van der Waals surface area contributed by atoms with Gasteiger partial charge in [0.2, 0.25) is 0 Å². The molecule has 0 bridgehead atoms. The molecule has 26 heavy (non-hydrogen) atoms. The zero-order valence-corrected chi connectivity index (χ0v) is 13.2. The van der Waals surface area contributed by atoms with E-state index < -0.39 is 34.6 Å². The van der Waals surface area contributed by atoms with E-state index in [9.17, 15) is 30.0 Å². The molecule has 3 aromatic rings. The van der Waals surface area contributed by atoms with Crippen LogP contribution in [-0.4, -0.2) is 11.9 Å². The van der Waals surface area contributed by atoms with Crippen LogP contribution in [0.25, 0.3) is 22.3 Å². The molecule has 0 atom stereocenters. The molecule has 6 heteroatoms. The fourth-order valence-electron chi connectivity index (χ4n) is 2.59. The summed E-state index contributed by atoms with van der Waals surface area (Å²) >= 11 is 0. The molecule has 0 fully saturated rings. The summed E-state index contributed by atoms with van der Waals surface area (Å²) in [7, 11) is 0. The minimum Gasteiger partial charge on any atom is -0.872 e. The van der Waals surface area contributed by atoms with Gasteiger partial charge in [0, 0.05) is 0 Å². The second-order valence-corrected chi connectivity index (χ2v) is 5.57. The SMILES string of the molecule is O=C([O-])c1cc(-c2ccc(-c3ccc([O-])c(C(=O)[O-])c3)cc2)ccc1[O-]. The zero-order chi connectivity index (χ0) is 18.8. The molecule has 0 aliphatic carbocycles. The lowest BCUT2D eigenvalue weighted by atomic mass is 9.98. The van der Waals surface area contributed by atoms with Gasteiger partial charge in [0.05, 0.1) is 11.9 Å². The molecule has 0 saturated heterocycles. The third kappa shape index (κ3) is 3.21. The molecule has 0 aromatic heterocycles. The molecule has 0 aliphatic rings. The Morgan fingerprint density at radius 3 is 1.15 bits per heavy atom. The van der Waals surface area contributed by atoms with Gasteiger partial charge in [0.1, 0.15) is 0 Å². The van der Waals surface area contributed by atoms with Crippen molar-refractivity contribution in [1.82, 2.24) is 0 Å². The summed E-state index contributed by atoms with van der Waals surface area (Å²) in [6.45, 7) is 0. The standard InChI is InChI=1S/C20H14O6/c21-17-7-5-13(9-15(17)19(23)24)11-1-2-12(4-3-11)14-6-8-18(22)16(10-14)20(25)26/h1-10,21-22H,(H,23,24)(H,25,26)/p-4. The predicted molar refractivity (Wildman–Crippen MR) is 84.9 cm³/mol. The van der Waals surface area contributed by atoms with E-state index >= 15 is 0 Å². The summed E-state index contributed by atoms with van der Waals surface area (Å²) in [5.41, 5.74) is 1.54. The number of benzene rings is 3. The highest BCUT2D eigenvalue weighted by atomic mass is 16.4. The Bertz CT molecular complexity index is 923. The van der Waals surface area contributed by atoms with Gasteiger partial charge in [0.25, 0.3) is 0 Å². The molecule has 0 unspecified atom stereocenters. The lowest BCUT2D eigenvalue weighted by Gasteiger charge is -2.17. The van der Waals surface area contributed by atoms with E-state index in [-0.39, 0.29) is 0 Å². The quantitative estimate of drug-likeness (QED) is 0.649. The lowest BCUT2D eigenvalue weighted by Crippen LogP contribution is -2.23. The highest BCUT2D eigenvalue weighted by molar-refractivity contribution is 5.92. The summed E-state index contributed by atoms with van der Waals surface area (Å²) in [5.74, 6) is -4.34. The van der Waals surface area contributed by atoms with E-state index in [4.69, 9.17) is 0 Å². The second-order valence-electron chi connectivity index (χ2n) is 5.57. The summed E-state index contributed by atoms with van der Waals surface area (Å²) < 4.78 is 0. The van der Waals surface area contributed by atoms with Crippen molar-refractivity contribution in [3.8, 4) is 33.8 Å². The lowest BCUT2D eigenvalue weighted by molar-refractivity contribution is -0.277.